The summed E-state index contributed by atoms with van der Waals surface area (Å²) in [6.45, 7) is 6.16. The zero-order valence-corrected chi connectivity index (χ0v) is 12.9. The number of piperidine rings is 1. The van der Waals surface area contributed by atoms with Crippen LogP contribution in [0, 0.1) is 0 Å². The Balaban J connectivity index is 2.19. The first-order valence-electron chi connectivity index (χ1n) is 7.74. The van der Waals surface area contributed by atoms with Gasteiger partial charge in [0.05, 0.1) is 13.2 Å². The highest BCUT2D eigenvalue weighted by Crippen LogP contribution is 2.28. The summed E-state index contributed by atoms with van der Waals surface area (Å²) >= 11 is 0. The third-order valence-corrected chi connectivity index (χ3v) is 4.38. The predicted octanol–water partition coefficient (Wildman–Crippen LogP) is 3.51. The van der Waals surface area contributed by atoms with Gasteiger partial charge in [0, 0.05) is 18.2 Å². The predicted molar refractivity (Wildman–Crippen MR) is 82.0 cm³/mol. The quantitative estimate of drug-likeness (QED) is 0.894. The van der Waals surface area contributed by atoms with E-state index in [-0.39, 0.29) is 0 Å². The molecule has 3 nitrogen and oxygen atoms in total. The Kier molecular flexibility index (Phi) is 5.44. The fourth-order valence-corrected chi connectivity index (χ4v) is 3.13. The summed E-state index contributed by atoms with van der Waals surface area (Å²) in [5.74, 6) is 0.926. The zero-order chi connectivity index (χ0) is 14.5. The van der Waals surface area contributed by atoms with Crippen LogP contribution in [0.25, 0.3) is 0 Å². The van der Waals surface area contributed by atoms with Gasteiger partial charge in [0.1, 0.15) is 5.75 Å². The standard InChI is InChI=1S/C17H27NO2/c1-4-16-7-5-6-10-18(16)12-15-11-14(13(2)19)8-9-17(15)20-3/h8-9,11,13,16,19H,4-7,10,12H2,1-3H3. The van der Waals surface area contributed by atoms with Crippen molar-refractivity contribution in [3.8, 4) is 5.75 Å². The summed E-state index contributed by atoms with van der Waals surface area (Å²) in [6.07, 6.45) is 4.71. The highest BCUT2D eigenvalue weighted by Gasteiger charge is 2.22. The van der Waals surface area contributed by atoms with Crippen LogP contribution in [0.2, 0.25) is 0 Å². The average molecular weight is 277 g/mol. The molecule has 20 heavy (non-hydrogen) atoms. The van der Waals surface area contributed by atoms with E-state index in [1.807, 2.05) is 12.1 Å². The summed E-state index contributed by atoms with van der Waals surface area (Å²) in [5.41, 5.74) is 2.15. The van der Waals surface area contributed by atoms with Crippen molar-refractivity contribution in [3.63, 3.8) is 0 Å². The zero-order valence-electron chi connectivity index (χ0n) is 12.9. The minimum absolute atomic E-state index is 0.428. The molecule has 0 aromatic heterocycles. The molecular formula is C17H27NO2. The number of methoxy groups -OCH3 is 1. The van der Waals surface area contributed by atoms with Crippen LogP contribution in [0.15, 0.2) is 18.2 Å². The highest BCUT2D eigenvalue weighted by atomic mass is 16.5. The number of nitrogens with zero attached hydrogens (tertiary/aromatic N) is 1. The van der Waals surface area contributed by atoms with Gasteiger partial charge in [0.25, 0.3) is 0 Å². The van der Waals surface area contributed by atoms with E-state index in [0.29, 0.717) is 6.04 Å². The monoisotopic (exact) mass is 277 g/mol. The van der Waals surface area contributed by atoms with Crippen LogP contribution in [-0.2, 0) is 6.54 Å². The Morgan fingerprint density at radius 2 is 2.20 bits per heavy atom. The van der Waals surface area contributed by atoms with Crippen LogP contribution in [0.4, 0.5) is 0 Å². The van der Waals surface area contributed by atoms with E-state index in [2.05, 4.69) is 17.9 Å². The second-order valence-electron chi connectivity index (χ2n) is 5.78. The Labute approximate surface area is 122 Å². The maximum absolute atomic E-state index is 9.76. The van der Waals surface area contributed by atoms with E-state index in [9.17, 15) is 5.11 Å². The van der Waals surface area contributed by atoms with Crippen LogP contribution in [0.3, 0.4) is 0 Å². The van der Waals surface area contributed by atoms with Crippen molar-refractivity contribution in [3.05, 3.63) is 29.3 Å². The topological polar surface area (TPSA) is 32.7 Å². The van der Waals surface area contributed by atoms with Gasteiger partial charge in [0.2, 0.25) is 0 Å². The Hall–Kier alpha value is -1.06. The summed E-state index contributed by atoms with van der Waals surface area (Å²) < 4.78 is 5.48. The lowest BCUT2D eigenvalue weighted by atomic mass is 9.98. The molecule has 1 aliphatic heterocycles. The van der Waals surface area contributed by atoms with Crippen LogP contribution in [0.1, 0.15) is 56.8 Å². The van der Waals surface area contributed by atoms with Crippen LogP contribution >= 0.6 is 0 Å². The van der Waals surface area contributed by atoms with Gasteiger partial charge in [0.15, 0.2) is 0 Å². The van der Waals surface area contributed by atoms with Crippen molar-refractivity contribution < 1.29 is 9.84 Å². The molecule has 112 valence electrons. The summed E-state index contributed by atoms with van der Waals surface area (Å²) in [4.78, 5) is 2.56. The van der Waals surface area contributed by atoms with Crippen molar-refractivity contribution >= 4 is 0 Å². The fraction of sp³-hybridized carbons (Fsp3) is 0.647. The molecule has 0 bridgehead atoms. The van der Waals surface area contributed by atoms with Gasteiger partial charge < -0.3 is 9.84 Å². The van der Waals surface area contributed by atoms with Gasteiger partial charge >= 0.3 is 0 Å². The van der Waals surface area contributed by atoms with E-state index in [1.165, 1.54) is 37.8 Å². The molecule has 1 N–H and O–H groups in total. The molecule has 0 spiro atoms. The van der Waals surface area contributed by atoms with E-state index in [4.69, 9.17) is 4.74 Å². The minimum atomic E-state index is -0.428. The van der Waals surface area contributed by atoms with Crippen molar-refractivity contribution in [1.82, 2.24) is 4.90 Å². The molecule has 1 aliphatic rings. The lowest BCUT2D eigenvalue weighted by molar-refractivity contribution is 0.134. The van der Waals surface area contributed by atoms with Gasteiger partial charge in [-0.05, 0) is 50.4 Å². The van der Waals surface area contributed by atoms with E-state index in [0.717, 1.165) is 17.9 Å². The third-order valence-electron chi connectivity index (χ3n) is 4.38. The largest absolute Gasteiger partial charge is 0.496 e. The molecular weight excluding hydrogens is 250 g/mol. The lowest BCUT2D eigenvalue weighted by Crippen LogP contribution is -2.38. The van der Waals surface area contributed by atoms with Crippen LogP contribution < -0.4 is 4.74 Å². The van der Waals surface area contributed by atoms with E-state index in [1.54, 1.807) is 14.0 Å². The molecule has 0 amide bonds. The molecule has 0 aliphatic carbocycles. The maximum atomic E-state index is 9.76. The van der Waals surface area contributed by atoms with Crippen molar-refractivity contribution in [2.75, 3.05) is 13.7 Å². The number of likely N-dealkylation sites (tertiary alicyclic amines) is 1. The second kappa shape index (κ2) is 7.09. The number of ether oxygens (including phenoxy) is 1. The summed E-state index contributed by atoms with van der Waals surface area (Å²) in [5, 5.41) is 9.76. The Morgan fingerprint density at radius 3 is 2.85 bits per heavy atom. The number of aliphatic hydroxyl groups is 1. The van der Waals surface area contributed by atoms with E-state index < -0.39 is 6.10 Å². The van der Waals surface area contributed by atoms with Crippen LogP contribution in [-0.4, -0.2) is 29.7 Å². The van der Waals surface area contributed by atoms with Crippen molar-refractivity contribution in [1.29, 1.82) is 0 Å². The first kappa shape index (κ1) is 15.3. The minimum Gasteiger partial charge on any atom is -0.496 e. The van der Waals surface area contributed by atoms with Gasteiger partial charge in [-0.2, -0.15) is 0 Å². The molecule has 1 heterocycles. The first-order chi connectivity index (χ1) is 9.65. The SMILES string of the molecule is CCC1CCCCN1Cc1cc(C(C)O)ccc1OC. The number of benzene rings is 1. The van der Waals surface area contributed by atoms with Gasteiger partial charge in [-0.25, -0.2) is 0 Å². The normalized spacial score (nSPS) is 21.7. The van der Waals surface area contributed by atoms with Gasteiger partial charge in [-0.1, -0.05) is 19.4 Å². The molecule has 1 aromatic rings. The Morgan fingerprint density at radius 1 is 1.40 bits per heavy atom. The van der Waals surface area contributed by atoms with Gasteiger partial charge in [-0.15, -0.1) is 0 Å². The van der Waals surface area contributed by atoms with Gasteiger partial charge in [-0.3, -0.25) is 4.90 Å². The first-order valence-corrected chi connectivity index (χ1v) is 7.74. The molecule has 1 saturated heterocycles. The smallest absolute Gasteiger partial charge is 0.123 e. The number of rotatable bonds is 5. The van der Waals surface area contributed by atoms with E-state index >= 15 is 0 Å². The second-order valence-corrected chi connectivity index (χ2v) is 5.78. The highest BCUT2D eigenvalue weighted by molar-refractivity contribution is 5.38. The molecule has 1 fully saturated rings. The molecule has 0 saturated carbocycles. The summed E-state index contributed by atoms with van der Waals surface area (Å²) in [6, 6.07) is 6.69. The lowest BCUT2D eigenvalue weighted by Gasteiger charge is -2.35. The number of hydrogen-bond donors (Lipinski definition) is 1. The summed E-state index contributed by atoms with van der Waals surface area (Å²) in [7, 11) is 1.72. The molecule has 2 rings (SSSR count). The maximum Gasteiger partial charge on any atom is 0.123 e. The van der Waals surface area contributed by atoms with Crippen molar-refractivity contribution in [2.24, 2.45) is 0 Å². The molecule has 0 radical (unpaired) electrons. The molecule has 2 unspecified atom stereocenters. The van der Waals surface area contributed by atoms with Crippen molar-refractivity contribution in [2.45, 2.75) is 58.2 Å². The average Bonchev–Trinajstić information content (AvgIpc) is 2.47. The number of hydrogen-bond acceptors (Lipinski definition) is 3. The third kappa shape index (κ3) is 3.53. The number of aliphatic hydroxyl groups excluding tert-OH is 1. The molecule has 3 heteroatoms. The molecule has 1 aromatic carbocycles. The molecule has 2 atom stereocenters. The Bertz CT molecular complexity index is 431. The van der Waals surface area contributed by atoms with Crippen LogP contribution in [0.5, 0.6) is 5.75 Å². The fourth-order valence-electron chi connectivity index (χ4n) is 3.13.